The van der Waals surface area contributed by atoms with Gasteiger partial charge >= 0.3 is 0 Å². The summed E-state index contributed by atoms with van der Waals surface area (Å²) < 4.78 is 0. The molecule has 0 spiro atoms. The molecule has 110 valence electrons. The summed E-state index contributed by atoms with van der Waals surface area (Å²) in [6.45, 7) is 8.44. The zero-order chi connectivity index (χ0) is 15.0. The number of nitrogens with zero attached hydrogens (tertiary/aromatic N) is 2. The van der Waals surface area contributed by atoms with Crippen LogP contribution in [0.1, 0.15) is 41.3 Å². The van der Waals surface area contributed by atoms with Gasteiger partial charge in [0.15, 0.2) is 6.29 Å². The zero-order valence-corrected chi connectivity index (χ0v) is 13.0. The molecule has 0 aliphatic carbocycles. The number of hydrogen-bond acceptors (Lipinski definition) is 3. The summed E-state index contributed by atoms with van der Waals surface area (Å²) in [7, 11) is 0. The van der Waals surface area contributed by atoms with E-state index < -0.39 is 0 Å². The fraction of sp³-hybridized carbons (Fsp3) is 0.444. The average Bonchev–Trinajstić information content (AvgIpc) is 2.47. The number of hydrogen-bond donors (Lipinski definition) is 0. The number of carbonyl (C=O) groups excluding carboxylic acids is 1. The van der Waals surface area contributed by atoms with Crippen LogP contribution >= 0.6 is 0 Å². The van der Waals surface area contributed by atoms with E-state index in [4.69, 9.17) is 4.98 Å². The third-order valence-corrected chi connectivity index (χ3v) is 4.47. The van der Waals surface area contributed by atoms with Crippen molar-refractivity contribution < 1.29 is 4.79 Å². The maximum absolute atomic E-state index is 11.5. The van der Waals surface area contributed by atoms with Crippen molar-refractivity contribution >= 4 is 23.0 Å². The Labute approximate surface area is 126 Å². The lowest BCUT2D eigenvalue weighted by atomic mass is 9.98. The van der Waals surface area contributed by atoms with Crippen LogP contribution in [0.5, 0.6) is 0 Å². The van der Waals surface area contributed by atoms with Gasteiger partial charge in [-0.15, -0.1) is 0 Å². The van der Waals surface area contributed by atoms with Gasteiger partial charge < -0.3 is 4.90 Å². The first-order valence-electron chi connectivity index (χ1n) is 7.70. The lowest BCUT2D eigenvalue weighted by Crippen LogP contribution is -2.34. The second kappa shape index (κ2) is 5.47. The fourth-order valence-electron chi connectivity index (χ4n) is 3.22. The molecule has 1 aromatic heterocycles. The van der Waals surface area contributed by atoms with Crippen LogP contribution in [0.3, 0.4) is 0 Å². The monoisotopic (exact) mass is 282 g/mol. The minimum atomic E-state index is 0.710. The molecule has 0 unspecified atom stereocenters. The van der Waals surface area contributed by atoms with Gasteiger partial charge in [0.2, 0.25) is 0 Å². The van der Waals surface area contributed by atoms with Crippen molar-refractivity contribution in [3.05, 3.63) is 34.9 Å². The van der Waals surface area contributed by atoms with Crippen molar-refractivity contribution in [2.45, 2.75) is 33.6 Å². The average molecular weight is 282 g/mol. The molecule has 1 saturated heterocycles. The van der Waals surface area contributed by atoms with E-state index in [-0.39, 0.29) is 0 Å². The highest BCUT2D eigenvalue weighted by Crippen LogP contribution is 2.28. The van der Waals surface area contributed by atoms with Gasteiger partial charge in [0.05, 0.1) is 11.1 Å². The maximum atomic E-state index is 11.5. The van der Waals surface area contributed by atoms with E-state index in [9.17, 15) is 4.79 Å². The van der Waals surface area contributed by atoms with Gasteiger partial charge in [0.25, 0.3) is 0 Å². The molecule has 2 heterocycles. The molecule has 3 rings (SSSR count). The van der Waals surface area contributed by atoms with Crippen LogP contribution in [0.2, 0.25) is 0 Å². The van der Waals surface area contributed by atoms with Gasteiger partial charge in [-0.2, -0.15) is 0 Å². The molecule has 0 radical (unpaired) electrons. The van der Waals surface area contributed by atoms with E-state index >= 15 is 0 Å². The standard InChI is InChI=1S/C18H22N2O/c1-12-4-6-20(7-5-12)18-16(11-21)10-15-9-13(2)8-14(3)17(15)19-18/h8-12H,4-7H2,1-3H3. The molecule has 1 aliphatic heterocycles. The van der Waals surface area contributed by atoms with Crippen LogP contribution in [-0.4, -0.2) is 24.4 Å². The predicted molar refractivity (Wildman–Crippen MR) is 87.2 cm³/mol. The molecule has 0 saturated carbocycles. The summed E-state index contributed by atoms with van der Waals surface area (Å²) in [6.07, 6.45) is 3.28. The number of pyridine rings is 1. The first-order chi connectivity index (χ1) is 10.1. The third-order valence-electron chi connectivity index (χ3n) is 4.47. The summed E-state index contributed by atoms with van der Waals surface area (Å²) in [5.74, 6) is 1.63. The van der Waals surface area contributed by atoms with Crippen LogP contribution in [0.25, 0.3) is 10.9 Å². The van der Waals surface area contributed by atoms with Crippen molar-refractivity contribution in [1.82, 2.24) is 4.98 Å². The van der Waals surface area contributed by atoms with Gasteiger partial charge in [-0.05, 0) is 50.3 Å². The van der Waals surface area contributed by atoms with Gasteiger partial charge in [-0.3, -0.25) is 4.79 Å². The molecule has 1 fully saturated rings. The minimum absolute atomic E-state index is 0.710. The predicted octanol–water partition coefficient (Wildman–Crippen LogP) is 3.90. The van der Waals surface area contributed by atoms with Crippen LogP contribution in [-0.2, 0) is 0 Å². The molecular weight excluding hydrogens is 260 g/mol. The van der Waals surface area contributed by atoms with Crippen molar-refractivity contribution in [2.75, 3.05) is 18.0 Å². The number of aryl methyl sites for hydroxylation is 2. The number of aromatic nitrogens is 1. The Kier molecular flexibility index (Phi) is 3.66. The van der Waals surface area contributed by atoms with E-state index in [0.29, 0.717) is 5.56 Å². The van der Waals surface area contributed by atoms with Crippen molar-refractivity contribution in [1.29, 1.82) is 0 Å². The van der Waals surface area contributed by atoms with Crippen LogP contribution in [0, 0.1) is 19.8 Å². The Bertz CT molecular complexity index is 685. The maximum Gasteiger partial charge on any atom is 0.153 e. The molecule has 0 atom stereocenters. The van der Waals surface area contributed by atoms with Gasteiger partial charge in [0.1, 0.15) is 5.82 Å². The normalized spacial score (nSPS) is 16.4. The molecule has 0 N–H and O–H groups in total. The lowest BCUT2D eigenvalue weighted by molar-refractivity contribution is 0.112. The second-order valence-electron chi connectivity index (χ2n) is 6.34. The summed E-state index contributed by atoms with van der Waals surface area (Å²) in [4.78, 5) is 18.6. The molecule has 2 aromatic rings. The number of carbonyl (C=O) groups is 1. The Balaban J connectivity index is 2.11. The number of benzene rings is 1. The van der Waals surface area contributed by atoms with Crippen molar-refractivity contribution in [3.63, 3.8) is 0 Å². The van der Waals surface area contributed by atoms with E-state index in [1.165, 1.54) is 24.0 Å². The summed E-state index contributed by atoms with van der Waals surface area (Å²) in [5, 5.41) is 1.06. The highest BCUT2D eigenvalue weighted by molar-refractivity contribution is 5.93. The number of fused-ring (bicyclic) bond motifs is 1. The molecule has 1 aromatic carbocycles. The number of piperidine rings is 1. The number of rotatable bonds is 2. The molecule has 3 heteroatoms. The van der Waals surface area contributed by atoms with E-state index in [0.717, 1.165) is 42.0 Å². The third kappa shape index (κ3) is 2.65. The highest BCUT2D eigenvalue weighted by Gasteiger charge is 2.20. The molecule has 0 amide bonds. The van der Waals surface area contributed by atoms with E-state index in [1.54, 1.807) is 0 Å². The van der Waals surface area contributed by atoms with Crippen LogP contribution < -0.4 is 4.90 Å². The first-order valence-corrected chi connectivity index (χ1v) is 7.70. The van der Waals surface area contributed by atoms with Crippen LogP contribution in [0.15, 0.2) is 18.2 Å². The first kappa shape index (κ1) is 14.1. The Morgan fingerprint density at radius 3 is 2.57 bits per heavy atom. The largest absolute Gasteiger partial charge is 0.356 e. The van der Waals surface area contributed by atoms with E-state index in [1.807, 2.05) is 6.07 Å². The second-order valence-corrected chi connectivity index (χ2v) is 6.34. The quantitative estimate of drug-likeness (QED) is 0.783. The number of aldehydes is 1. The van der Waals surface area contributed by atoms with E-state index in [2.05, 4.69) is 37.8 Å². The lowest BCUT2D eigenvalue weighted by Gasteiger charge is -2.32. The number of anilines is 1. The Morgan fingerprint density at radius 2 is 1.90 bits per heavy atom. The molecule has 21 heavy (non-hydrogen) atoms. The zero-order valence-electron chi connectivity index (χ0n) is 13.0. The highest BCUT2D eigenvalue weighted by atomic mass is 16.1. The fourth-order valence-corrected chi connectivity index (χ4v) is 3.22. The summed E-state index contributed by atoms with van der Waals surface area (Å²) in [6, 6.07) is 6.24. The molecule has 0 bridgehead atoms. The van der Waals surface area contributed by atoms with Crippen molar-refractivity contribution in [2.24, 2.45) is 5.92 Å². The summed E-state index contributed by atoms with van der Waals surface area (Å²) in [5.41, 5.74) is 4.11. The van der Waals surface area contributed by atoms with Crippen molar-refractivity contribution in [3.8, 4) is 0 Å². The topological polar surface area (TPSA) is 33.2 Å². The SMILES string of the molecule is Cc1cc(C)c2nc(N3CCC(C)CC3)c(C=O)cc2c1. The molecule has 3 nitrogen and oxygen atoms in total. The van der Waals surface area contributed by atoms with Crippen LogP contribution in [0.4, 0.5) is 5.82 Å². The molecule has 1 aliphatic rings. The minimum Gasteiger partial charge on any atom is -0.356 e. The van der Waals surface area contributed by atoms with Gasteiger partial charge in [0, 0.05) is 18.5 Å². The smallest absolute Gasteiger partial charge is 0.153 e. The van der Waals surface area contributed by atoms with Gasteiger partial charge in [-0.25, -0.2) is 4.98 Å². The summed E-state index contributed by atoms with van der Waals surface area (Å²) >= 11 is 0. The molecular formula is C18H22N2O. The Morgan fingerprint density at radius 1 is 1.19 bits per heavy atom. The van der Waals surface area contributed by atoms with Gasteiger partial charge in [-0.1, -0.05) is 18.6 Å². The Hall–Kier alpha value is -1.90.